The van der Waals surface area contributed by atoms with Crippen molar-refractivity contribution in [3.63, 3.8) is 0 Å². The van der Waals surface area contributed by atoms with Crippen LogP contribution >= 0.6 is 11.6 Å². The fraction of sp³-hybridized carbons (Fsp3) is 0.750. The van der Waals surface area contributed by atoms with Gasteiger partial charge in [-0.3, -0.25) is 4.99 Å². The molecule has 0 radical (unpaired) electrons. The van der Waals surface area contributed by atoms with E-state index >= 15 is 0 Å². The Morgan fingerprint density at radius 3 is 2.79 bits per heavy atom. The molecule has 0 amide bonds. The lowest BCUT2D eigenvalue weighted by Crippen LogP contribution is -2.09. The summed E-state index contributed by atoms with van der Waals surface area (Å²) in [6.45, 7) is 0. The van der Waals surface area contributed by atoms with Crippen molar-refractivity contribution >= 4 is 17.8 Å². The minimum absolute atomic E-state index is 0.547. The van der Waals surface area contributed by atoms with Crippen LogP contribution in [0.3, 0.4) is 0 Å². The molecular weight excluding hydrogens is 194 g/mol. The van der Waals surface area contributed by atoms with Crippen molar-refractivity contribution in [3.8, 4) is 11.8 Å². The van der Waals surface area contributed by atoms with Gasteiger partial charge in [0.25, 0.3) is 0 Å². The van der Waals surface area contributed by atoms with Gasteiger partial charge >= 0.3 is 0 Å². The maximum atomic E-state index is 5.53. The third-order valence-corrected chi connectivity index (χ3v) is 2.73. The second-order valence-corrected chi connectivity index (χ2v) is 4.06. The summed E-state index contributed by atoms with van der Waals surface area (Å²) in [5.74, 6) is 6.71. The van der Waals surface area contributed by atoms with Gasteiger partial charge in [-0.15, -0.1) is 11.6 Å². The zero-order chi connectivity index (χ0) is 10.1. The molecule has 0 aromatic rings. The molecule has 1 saturated carbocycles. The van der Waals surface area contributed by atoms with Gasteiger partial charge in [0.1, 0.15) is 0 Å². The van der Waals surface area contributed by atoms with Crippen molar-refractivity contribution in [1.29, 1.82) is 0 Å². The third-order valence-electron chi connectivity index (χ3n) is 2.46. The van der Waals surface area contributed by atoms with Crippen LogP contribution in [0.5, 0.6) is 0 Å². The van der Waals surface area contributed by atoms with Crippen molar-refractivity contribution in [2.24, 2.45) is 4.99 Å². The van der Waals surface area contributed by atoms with E-state index in [9.17, 15) is 0 Å². The Balaban J connectivity index is 2.13. The summed E-state index contributed by atoms with van der Waals surface area (Å²) in [5, 5.41) is 0. The van der Waals surface area contributed by atoms with Gasteiger partial charge in [0, 0.05) is 12.3 Å². The summed E-state index contributed by atoms with van der Waals surface area (Å²) in [4.78, 5) is 4.45. The van der Waals surface area contributed by atoms with E-state index in [1.54, 1.807) is 6.21 Å². The molecule has 0 bridgehead atoms. The first kappa shape index (κ1) is 11.6. The number of alkyl halides is 1. The number of hydrogen-bond donors (Lipinski definition) is 0. The summed E-state index contributed by atoms with van der Waals surface area (Å²) in [6, 6.07) is 0.547. The maximum absolute atomic E-state index is 5.53. The van der Waals surface area contributed by atoms with E-state index < -0.39 is 0 Å². The Morgan fingerprint density at radius 1 is 1.29 bits per heavy atom. The first-order valence-electron chi connectivity index (χ1n) is 5.49. The second-order valence-electron chi connectivity index (χ2n) is 3.68. The minimum atomic E-state index is 0.547. The Bertz CT molecular complexity index is 218. The molecule has 0 N–H and O–H groups in total. The number of nitrogens with zero attached hydrogens (tertiary/aromatic N) is 1. The molecule has 1 nitrogen and oxygen atoms in total. The lowest BCUT2D eigenvalue weighted by molar-refractivity contribution is 0.444. The van der Waals surface area contributed by atoms with Crippen LogP contribution in [0.4, 0.5) is 0 Å². The SMILES string of the molecule is ClCCCC#CC=NC1CCCCC1. The van der Waals surface area contributed by atoms with Gasteiger partial charge in [-0.05, 0) is 19.3 Å². The van der Waals surface area contributed by atoms with Gasteiger partial charge in [0.05, 0.1) is 12.3 Å². The zero-order valence-corrected chi connectivity index (χ0v) is 9.39. The van der Waals surface area contributed by atoms with Gasteiger partial charge in [-0.25, -0.2) is 0 Å². The smallest absolute Gasteiger partial charge is 0.0714 e. The second kappa shape index (κ2) is 7.88. The highest BCUT2D eigenvalue weighted by atomic mass is 35.5. The van der Waals surface area contributed by atoms with Crippen LogP contribution in [-0.4, -0.2) is 18.1 Å². The van der Waals surface area contributed by atoms with Crippen molar-refractivity contribution in [1.82, 2.24) is 0 Å². The molecule has 0 aromatic carbocycles. The predicted octanol–water partition coefficient (Wildman–Crippen LogP) is 3.41. The Kier molecular flexibility index (Phi) is 6.53. The van der Waals surface area contributed by atoms with E-state index in [4.69, 9.17) is 11.6 Å². The first-order valence-corrected chi connectivity index (χ1v) is 6.03. The highest BCUT2D eigenvalue weighted by Gasteiger charge is 2.09. The molecule has 0 saturated heterocycles. The summed E-state index contributed by atoms with van der Waals surface area (Å²) in [7, 11) is 0. The summed E-state index contributed by atoms with van der Waals surface area (Å²) in [5.41, 5.74) is 0. The molecule has 0 atom stereocenters. The zero-order valence-electron chi connectivity index (χ0n) is 8.64. The number of unbranched alkanes of at least 4 members (excludes halogenated alkanes) is 1. The first-order chi connectivity index (χ1) is 6.93. The Morgan fingerprint density at radius 2 is 2.07 bits per heavy atom. The average Bonchev–Trinajstić information content (AvgIpc) is 2.25. The summed E-state index contributed by atoms with van der Waals surface area (Å²) in [6.07, 6.45) is 10.2. The molecule has 0 unspecified atom stereocenters. The van der Waals surface area contributed by atoms with Gasteiger partial charge < -0.3 is 0 Å². The van der Waals surface area contributed by atoms with Gasteiger partial charge in [-0.2, -0.15) is 0 Å². The van der Waals surface area contributed by atoms with Crippen LogP contribution in [0.1, 0.15) is 44.9 Å². The normalized spacial score (nSPS) is 18.1. The molecule has 78 valence electrons. The van der Waals surface area contributed by atoms with Gasteiger partial charge in [0.2, 0.25) is 0 Å². The van der Waals surface area contributed by atoms with Crippen molar-refractivity contribution in [2.75, 3.05) is 5.88 Å². The summed E-state index contributed by atoms with van der Waals surface area (Å²) >= 11 is 5.53. The Labute approximate surface area is 91.9 Å². The molecule has 1 rings (SSSR count). The summed E-state index contributed by atoms with van der Waals surface area (Å²) < 4.78 is 0. The molecule has 0 heterocycles. The van der Waals surface area contributed by atoms with Crippen molar-refractivity contribution < 1.29 is 0 Å². The number of aliphatic imine (C=N–C) groups is 1. The lowest BCUT2D eigenvalue weighted by atomic mass is 9.96. The molecule has 1 aliphatic rings. The van der Waals surface area contributed by atoms with Crippen LogP contribution in [0.25, 0.3) is 0 Å². The van der Waals surface area contributed by atoms with Crippen molar-refractivity contribution in [3.05, 3.63) is 0 Å². The largest absolute Gasteiger partial charge is 0.281 e. The van der Waals surface area contributed by atoms with E-state index in [2.05, 4.69) is 16.8 Å². The third kappa shape index (κ3) is 5.29. The maximum Gasteiger partial charge on any atom is 0.0714 e. The fourth-order valence-electron chi connectivity index (χ4n) is 1.65. The average molecular weight is 212 g/mol. The van der Waals surface area contributed by atoms with E-state index in [0.717, 1.165) is 12.8 Å². The van der Waals surface area contributed by atoms with Crippen LogP contribution in [0.15, 0.2) is 4.99 Å². The van der Waals surface area contributed by atoms with Gasteiger partial charge in [-0.1, -0.05) is 31.1 Å². The van der Waals surface area contributed by atoms with E-state index in [1.807, 2.05) is 0 Å². The van der Waals surface area contributed by atoms with Crippen LogP contribution < -0.4 is 0 Å². The predicted molar refractivity (Wildman–Crippen MR) is 63.1 cm³/mol. The van der Waals surface area contributed by atoms with Crippen LogP contribution in [0.2, 0.25) is 0 Å². The van der Waals surface area contributed by atoms with E-state index in [0.29, 0.717) is 11.9 Å². The highest BCUT2D eigenvalue weighted by molar-refractivity contribution is 6.17. The molecule has 14 heavy (non-hydrogen) atoms. The molecule has 0 spiro atoms. The molecule has 1 aliphatic carbocycles. The number of halogens is 1. The van der Waals surface area contributed by atoms with Crippen molar-refractivity contribution in [2.45, 2.75) is 51.0 Å². The topological polar surface area (TPSA) is 12.4 Å². The van der Waals surface area contributed by atoms with Crippen LogP contribution in [0, 0.1) is 11.8 Å². The lowest BCUT2D eigenvalue weighted by Gasteiger charge is -2.16. The van der Waals surface area contributed by atoms with Crippen LogP contribution in [-0.2, 0) is 0 Å². The highest BCUT2D eigenvalue weighted by Crippen LogP contribution is 2.19. The molecule has 0 aliphatic heterocycles. The van der Waals surface area contributed by atoms with Gasteiger partial charge in [0.15, 0.2) is 0 Å². The molecule has 2 heteroatoms. The standard InChI is InChI=1S/C12H18ClN/c13-10-6-1-2-7-11-14-12-8-4-3-5-9-12/h11-12H,1,3-6,8-10H2. The van der Waals surface area contributed by atoms with E-state index in [-0.39, 0.29) is 0 Å². The molecule has 0 aromatic heterocycles. The van der Waals surface area contributed by atoms with E-state index in [1.165, 1.54) is 32.1 Å². The number of rotatable bonds is 3. The minimum Gasteiger partial charge on any atom is -0.281 e. The monoisotopic (exact) mass is 211 g/mol. The molecule has 1 fully saturated rings. The number of hydrogen-bond acceptors (Lipinski definition) is 1. The Hall–Kier alpha value is -0.480. The quantitative estimate of drug-likeness (QED) is 0.294. The molecular formula is C12H18ClN. The fourth-order valence-corrected chi connectivity index (χ4v) is 1.78.